The standard InChI is InChI=1S/C27H38N2O3/c1-5-6-7-8-9-12-17-32-25(30)16-15-20-18-21(27(2,3)4)26(31)24(19-20)29-23-14-11-10-13-22(23)28/h10-11,13-14,18-19H,5-9,12,15-17,28H2,1-4H3/p+1. The third-order valence-corrected chi connectivity index (χ3v) is 5.57. The van der Waals surface area contributed by atoms with Crippen molar-refractivity contribution in [3.05, 3.63) is 47.6 Å². The summed E-state index contributed by atoms with van der Waals surface area (Å²) in [7, 11) is 0. The largest absolute Gasteiger partial charge is 0.466 e. The van der Waals surface area contributed by atoms with Crippen LogP contribution in [0.2, 0.25) is 0 Å². The van der Waals surface area contributed by atoms with Gasteiger partial charge in [-0.1, -0.05) is 78.0 Å². The number of Topliss-reactive ketones (excluding diaryl/α,β-unsaturated/α-hetero) is 1. The summed E-state index contributed by atoms with van der Waals surface area (Å²) in [5, 5.41) is 0. The van der Waals surface area contributed by atoms with Crippen LogP contribution in [0.3, 0.4) is 0 Å². The van der Waals surface area contributed by atoms with Crippen LogP contribution in [-0.4, -0.2) is 24.1 Å². The first-order valence-corrected chi connectivity index (χ1v) is 11.8. The van der Waals surface area contributed by atoms with E-state index >= 15 is 0 Å². The maximum atomic E-state index is 13.1. The Morgan fingerprint density at radius 3 is 2.41 bits per heavy atom. The number of anilines is 1. The fourth-order valence-electron chi connectivity index (χ4n) is 3.63. The van der Waals surface area contributed by atoms with Crippen molar-refractivity contribution in [3.63, 3.8) is 0 Å². The van der Waals surface area contributed by atoms with E-state index in [4.69, 9.17) is 10.5 Å². The molecular weight excluding hydrogens is 400 g/mol. The van der Waals surface area contributed by atoms with Gasteiger partial charge in [0, 0.05) is 24.1 Å². The van der Waals surface area contributed by atoms with E-state index < -0.39 is 0 Å². The second kappa shape index (κ2) is 12.4. The van der Waals surface area contributed by atoms with E-state index in [1.54, 1.807) is 6.07 Å². The highest BCUT2D eigenvalue weighted by molar-refractivity contribution is 6.49. The minimum absolute atomic E-state index is 0.0462. The number of nitrogens with one attached hydrogen (secondary N) is 1. The van der Waals surface area contributed by atoms with Gasteiger partial charge in [-0.2, -0.15) is 0 Å². The highest BCUT2D eigenvalue weighted by Gasteiger charge is 2.33. The first-order chi connectivity index (χ1) is 15.2. The molecule has 1 aromatic carbocycles. The van der Waals surface area contributed by atoms with Crippen molar-refractivity contribution in [1.29, 1.82) is 0 Å². The summed E-state index contributed by atoms with van der Waals surface area (Å²) in [4.78, 5) is 28.5. The fraction of sp³-hybridized carbons (Fsp3) is 0.519. The molecule has 1 aromatic rings. The molecule has 0 amide bonds. The van der Waals surface area contributed by atoms with Gasteiger partial charge in [-0.3, -0.25) is 9.59 Å². The van der Waals surface area contributed by atoms with Crippen molar-refractivity contribution < 1.29 is 19.3 Å². The Bertz CT molecular complexity index is 888. The lowest BCUT2D eigenvalue weighted by molar-refractivity contribution is -0.350. The number of allylic oxidation sites excluding steroid dienone is 4. The van der Waals surface area contributed by atoms with Crippen molar-refractivity contribution in [3.8, 4) is 0 Å². The Balaban J connectivity index is 2.02. The van der Waals surface area contributed by atoms with E-state index in [0.717, 1.165) is 18.4 Å². The molecule has 32 heavy (non-hydrogen) atoms. The third kappa shape index (κ3) is 8.10. The molecule has 1 aliphatic rings. The van der Waals surface area contributed by atoms with Gasteiger partial charge in [0.15, 0.2) is 0 Å². The summed E-state index contributed by atoms with van der Waals surface area (Å²) in [5.74, 6) is -0.237. The highest BCUT2D eigenvalue weighted by Crippen LogP contribution is 2.30. The van der Waals surface area contributed by atoms with Crippen molar-refractivity contribution >= 4 is 28.8 Å². The van der Waals surface area contributed by atoms with Gasteiger partial charge < -0.3 is 10.5 Å². The SMILES string of the molecule is CCCCCCCCOC(=O)CCC1=CC(=[NH+]c2ccccc2N)C(=O)C(C(C)(C)C)=C1. The normalized spacial score (nSPS) is 15.5. The number of hydrogen-bond acceptors (Lipinski definition) is 4. The Labute approximate surface area is 192 Å². The van der Waals surface area contributed by atoms with Gasteiger partial charge in [0.25, 0.3) is 11.5 Å². The maximum absolute atomic E-state index is 13.1. The van der Waals surface area contributed by atoms with Crippen LogP contribution in [0.5, 0.6) is 0 Å². The molecule has 0 unspecified atom stereocenters. The first kappa shape index (κ1) is 25.6. The predicted molar refractivity (Wildman–Crippen MR) is 131 cm³/mol. The van der Waals surface area contributed by atoms with E-state index in [1.165, 1.54) is 25.7 Å². The number of nitrogens with two attached hydrogens (primary N) is 1. The Morgan fingerprint density at radius 1 is 1.03 bits per heavy atom. The van der Waals surface area contributed by atoms with Gasteiger partial charge in [0.05, 0.1) is 6.61 Å². The molecule has 3 N–H and O–H groups in total. The van der Waals surface area contributed by atoms with Gasteiger partial charge >= 0.3 is 5.97 Å². The maximum Gasteiger partial charge on any atom is 0.306 e. The lowest BCUT2D eigenvalue weighted by Crippen LogP contribution is -2.69. The average molecular weight is 440 g/mol. The molecule has 0 bridgehead atoms. The molecular formula is C27H39N2O3+. The molecule has 0 saturated heterocycles. The van der Waals surface area contributed by atoms with E-state index in [1.807, 2.05) is 51.1 Å². The third-order valence-electron chi connectivity index (χ3n) is 5.57. The number of nitrogen functional groups attached to an aromatic ring is 1. The lowest BCUT2D eigenvalue weighted by Gasteiger charge is -2.23. The Kier molecular flexibility index (Phi) is 9.89. The molecule has 0 fully saturated rings. The van der Waals surface area contributed by atoms with Crippen LogP contribution in [0.1, 0.15) is 79.1 Å². The molecule has 5 nitrogen and oxygen atoms in total. The van der Waals surface area contributed by atoms with Crippen LogP contribution >= 0.6 is 0 Å². The molecule has 0 heterocycles. The van der Waals surface area contributed by atoms with Gasteiger partial charge in [-0.05, 0) is 29.9 Å². The van der Waals surface area contributed by atoms with E-state index in [2.05, 4.69) is 11.9 Å². The summed E-state index contributed by atoms with van der Waals surface area (Å²) in [6.45, 7) is 8.74. The molecule has 174 valence electrons. The van der Waals surface area contributed by atoms with Gasteiger partial charge in [0.1, 0.15) is 5.69 Å². The number of para-hydroxylation sites is 2. The van der Waals surface area contributed by atoms with Crippen LogP contribution in [0.4, 0.5) is 11.4 Å². The number of rotatable bonds is 11. The second-order valence-electron chi connectivity index (χ2n) is 9.47. The number of carbonyl (C=O) groups excluding carboxylic acids is 2. The van der Waals surface area contributed by atoms with Crippen LogP contribution < -0.4 is 10.7 Å². The fourth-order valence-corrected chi connectivity index (χ4v) is 3.63. The van der Waals surface area contributed by atoms with Crippen LogP contribution in [0, 0.1) is 5.41 Å². The lowest BCUT2D eigenvalue weighted by atomic mass is 9.78. The van der Waals surface area contributed by atoms with Crippen molar-refractivity contribution in [2.75, 3.05) is 12.3 Å². The molecule has 5 heteroatoms. The molecule has 0 saturated carbocycles. The molecule has 0 atom stereocenters. The summed E-state index contributed by atoms with van der Waals surface area (Å²) >= 11 is 0. The number of unbranched alkanes of at least 4 members (excludes halogenated alkanes) is 5. The summed E-state index contributed by atoms with van der Waals surface area (Å²) in [6, 6.07) is 7.36. The van der Waals surface area contributed by atoms with Crippen molar-refractivity contribution in [2.24, 2.45) is 5.41 Å². The Morgan fingerprint density at radius 2 is 1.72 bits per heavy atom. The molecule has 0 aromatic heterocycles. The topological polar surface area (TPSA) is 83.4 Å². The van der Waals surface area contributed by atoms with Crippen molar-refractivity contribution in [2.45, 2.75) is 79.1 Å². The molecule has 0 aliphatic heterocycles. The highest BCUT2D eigenvalue weighted by atomic mass is 16.5. The number of ether oxygens (including phenoxy) is 1. The smallest absolute Gasteiger partial charge is 0.306 e. The predicted octanol–water partition coefficient (Wildman–Crippen LogP) is 4.59. The minimum atomic E-state index is -0.315. The van der Waals surface area contributed by atoms with E-state index in [-0.39, 0.29) is 17.2 Å². The average Bonchev–Trinajstić information content (AvgIpc) is 2.74. The molecule has 0 spiro atoms. The number of benzene rings is 1. The number of carbonyl (C=O) groups is 2. The molecule has 0 radical (unpaired) electrons. The number of hydrogen-bond donors (Lipinski definition) is 2. The summed E-state index contributed by atoms with van der Waals surface area (Å²) in [5.41, 5.74) is 9.13. The Hall–Kier alpha value is -2.69. The number of esters is 1. The van der Waals surface area contributed by atoms with Crippen LogP contribution in [-0.2, 0) is 14.3 Å². The van der Waals surface area contributed by atoms with Crippen molar-refractivity contribution in [1.82, 2.24) is 0 Å². The second-order valence-corrected chi connectivity index (χ2v) is 9.47. The van der Waals surface area contributed by atoms with Gasteiger partial charge in [-0.15, -0.1) is 0 Å². The van der Waals surface area contributed by atoms with E-state index in [9.17, 15) is 9.59 Å². The summed E-state index contributed by atoms with van der Waals surface area (Å²) in [6.07, 6.45) is 11.5. The van der Waals surface area contributed by atoms with E-state index in [0.29, 0.717) is 42.1 Å². The molecule has 1 aliphatic carbocycles. The first-order valence-electron chi connectivity index (χ1n) is 11.8. The summed E-state index contributed by atoms with van der Waals surface area (Å²) < 4.78 is 5.40. The van der Waals surface area contributed by atoms with Gasteiger partial charge in [0.2, 0.25) is 5.69 Å². The zero-order chi connectivity index (χ0) is 23.6. The minimum Gasteiger partial charge on any atom is -0.466 e. The zero-order valence-electron chi connectivity index (χ0n) is 20.1. The zero-order valence-corrected chi connectivity index (χ0v) is 20.1. The number of ketones is 1. The molecule has 2 rings (SSSR count). The van der Waals surface area contributed by atoms with Crippen LogP contribution in [0.15, 0.2) is 47.6 Å². The van der Waals surface area contributed by atoms with Crippen LogP contribution in [0.25, 0.3) is 0 Å². The monoisotopic (exact) mass is 439 g/mol. The van der Waals surface area contributed by atoms with Gasteiger partial charge in [-0.25, -0.2) is 4.99 Å². The quantitative estimate of drug-likeness (QED) is 0.229.